The van der Waals surface area contributed by atoms with Crippen LogP contribution >= 0.6 is 23.2 Å². The van der Waals surface area contributed by atoms with Crippen molar-refractivity contribution in [3.63, 3.8) is 0 Å². The zero-order valence-electron chi connectivity index (χ0n) is 9.54. The summed E-state index contributed by atoms with van der Waals surface area (Å²) < 4.78 is 15.5. The second-order valence-electron chi connectivity index (χ2n) is 4.45. The molecule has 0 aliphatic heterocycles. The monoisotopic (exact) mass is 284 g/mol. The van der Waals surface area contributed by atoms with E-state index < -0.39 is 0 Å². The second-order valence-corrected chi connectivity index (χ2v) is 5.12. The first-order valence-corrected chi connectivity index (χ1v) is 6.70. The summed E-state index contributed by atoms with van der Waals surface area (Å²) in [6, 6.07) is 4.64. The summed E-state index contributed by atoms with van der Waals surface area (Å²) >= 11 is 12.0. The van der Waals surface area contributed by atoms with Crippen molar-refractivity contribution in [3.8, 4) is 5.69 Å². The van der Waals surface area contributed by atoms with Gasteiger partial charge in [-0.15, -0.1) is 11.6 Å². The van der Waals surface area contributed by atoms with Crippen molar-refractivity contribution in [2.75, 3.05) is 0 Å². The minimum Gasteiger partial charge on any atom is -0.233 e. The van der Waals surface area contributed by atoms with E-state index in [1.807, 2.05) is 0 Å². The maximum Gasteiger partial charge on any atom is 0.150 e. The first-order chi connectivity index (χ1) is 8.72. The number of nitrogens with zero attached hydrogens (tertiary/aromatic N) is 2. The van der Waals surface area contributed by atoms with Gasteiger partial charge in [0.1, 0.15) is 11.5 Å². The Hall–Kier alpha value is -1.06. The molecule has 0 bridgehead atoms. The maximum atomic E-state index is 13.9. The van der Waals surface area contributed by atoms with Crippen molar-refractivity contribution in [1.29, 1.82) is 0 Å². The topological polar surface area (TPSA) is 17.8 Å². The minimum absolute atomic E-state index is 0.317. The second kappa shape index (κ2) is 4.56. The van der Waals surface area contributed by atoms with Gasteiger partial charge in [0.25, 0.3) is 0 Å². The summed E-state index contributed by atoms with van der Waals surface area (Å²) in [5.74, 6) is 0.448. The minimum atomic E-state index is -0.367. The highest BCUT2D eigenvalue weighted by atomic mass is 35.5. The summed E-state index contributed by atoms with van der Waals surface area (Å²) in [7, 11) is 0. The van der Waals surface area contributed by atoms with Crippen LogP contribution in [0.15, 0.2) is 24.4 Å². The quantitative estimate of drug-likeness (QED) is 0.769. The lowest BCUT2D eigenvalue weighted by atomic mass is 10.2. The molecule has 0 amide bonds. The number of alkyl halides is 1. The summed E-state index contributed by atoms with van der Waals surface area (Å²) in [6.45, 7) is 0. The maximum absolute atomic E-state index is 13.9. The lowest BCUT2D eigenvalue weighted by Crippen LogP contribution is -2.05. The Labute approximate surface area is 114 Å². The van der Waals surface area contributed by atoms with Crippen LogP contribution in [0.4, 0.5) is 4.39 Å². The highest BCUT2D eigenvalue weighted by molar-refractivity contribution is 6.32. The van der Waals surface area contributed by atoms with Crippen LogP contribution in [0.25, 0.3) is 5.69 Å². The summed E-state index contributed by atoms with van der Waals surface area (Å²) in [6.07, 6.45) is 3.90. The standard InChI is InChI=1S/C13H11Cl2FN2/c14-6-9-7-17-18(12(9)8-4-5-8)13-10(15)2-1-3-11(13)16/h1-3,7-8H,4-6H2. The highest BCUT2D eigenvalue weighted by Gasteiger charge is 2.31. The zero-order valence-corrected chi connectivity index (χ0v) is 11.0. The number of benzene rings is 1. The third-order valence-corrected chi connectivity index (χ3v) is 3.74. The molecule has 1 aromatic carbocycles. The van der Waals surface area contributed by atoms with Crippen molar-refractivity contribution in [2.45, 2.75) is 24.6 Å². The SMILES string of the molecule is Fc1cccc(Cl)c1-n1ncc(CCl)c1C1CC1. The molecule has 0 unspecified atom stereocenters. The normalized spacial score (nSPS) is 15.1. The molecule has 0 atom stereocenters. The van der Waals surface area contributed by atoms with Gasteiger partial charge < -0.3 is 0 Å². The van der Waals surface area contributed by atoms with E-state index in [0.717, 1.165) is 24.1 Å². The fourth-order valence-corrected chi connectivity index (χ4v) is 2.61. The van der Waals surface area contributed by atoms with E-state index in [1.54, 1.807) is 23.0 Å². The molecule has 0 radical (unpaired) electrons. The first-order valence-electron chi connectivity index (χ1n) is 5.79. The summed E-state index contributed by atoms with van der Waals surface area (Å²) in [4.78, 5) is 0. The van der Waals surface area contributed by atoms with Crippen LogP contribution in [0.1, 0.15) is 30.0 Å². The highest BCUT2D eigenvalue weighted by Crippen LogP contribution is 2.43. The summed E-state index contributed by atoms with van der Waals surface area (Å²) in [5, 5.41) is 4.61. The Morgan fingerprint density at radius 2 is 2.17 bits per heavy atom. The van der Waals surface area contributed by atoms with Crippen LogP contribution < -0.4 is 0 Å². The molecule has 0 spiro atoms. The van der Waals surface area contributed by atoms with Crippen LogP contribution in [0.3, 0.4) is 0 Å². The number of halogens is 3. The molecule has 5 heteroatoms. The van der Waals surface area contributed by atoms with Gasteiger partial charge in [-0.2, -0.15) is 5.10 Å². The van der Waals surface area contributed by atoms with E-state index >= 15 is 0 Å². The Balaban J connectivity index is 2.20. The van der Waals surface area contributed by atoms with Crippen LogP contribution in [0, 0.1) is 5.82 Å². The van der Waals surface area contributed by atoms with Crippen molar-refractivity contribution in [1.82, 2.24) is 9.78 Å². The predicted molar refractivity (Wildman–Crippen MR) is 70.1 cm³/mol. The van der Waals surface area contributed by atoms with Gasteiger partial charge in [-0.1, -0.05) is 17.7 Å². The molecular weight excluding hydrogens is 274 g/mol. The number of hydrogen-bond acceptors (Lipinski definition) is 1. The zero-order chi connectivity index (χ0) is 12.7. The molecule has 1 aliphatic rings. The van der Waals surface area contributed by atoms with Gasteiger partial charge in [-0.3, -0.25) is 0 Å². The van der Waals surface area contributed by atoms with Crippen molar-refractivity contribution < 1.29 is 4.39 Å². The van der Waals surface area contributed by atoms with Crippen LogP contribution in [-0.4, -0.2) is 9.78 Å². The van der Waals surface area contributed by atoms with E-state index in [9.17, 15) is 4.39 Å². The number of aromatic nitrogens is 2. The van der Waals surface area contributed by atoms with E-state index in [2.05, 4.69) is 5.10 Å². The molecule has 1 aliphatic carbocycles. The number of hydrogen-bond donors (Lipinski definition) is 0. The largest absolute Gasteiger partial charge is 0.233 e. The van der Waals surface area contributed by atoms with E-state index in [4.69, 9.17) is 23.2 Å². The average molecular weight is 285 g/mol. The van der Waals surface area contributed by atoms with E-state index in [-0.39, 0.29) is 5.82 Å². The average Bonchev–Trinajstić information content (AvgIpc) is 3.10. The van der Waals surface area contributed by atoms with Crippen LogP contribution in [0.5, 0.6) is 0 Å². The smallest absolute Gasteiger partial charge is 0.150 e. The molecule has 0 saturated heterocycles. The Morgan fingerprint density at radius 1 is 1.39 bits per heavy atom. The lowest BCUT2D eigenvalue weighted by Gasteiger charge is -2.10. The molecule has 1 saturated carbocycles. The molecule has 0 N–H and O–H groups in total. The third kappa shape index (κ3) is 1.91. The lowest BCUT2D eigenvalue weighted by molar-refractivity contribution is 0.606. The van der Waals surface area contributed by atoms with Gasteiger partial charge in [-0.05, 0) is 25.0 Å². The van der Waals surface area contributed by atoms with Gasteiger partial charge in [-0.25, -0.2) is 9.07 Å². The molecular formula is C13H11Cl2FN2. The molecule has 3 rings (SSSR count). The Morgan fingerprint density at radius 3 is 2.78 bits per heavy atom. The first kappa shape index (κ1) is 12.0. The van der Waals surface area contributed by atoms with Crippen LogP contribution in [-0.2, 0) is 5.88 Å². The van der Waals surface area contributed by atoms with Gasteiger partial charge in [0.15, 0.2) is 0 Å². The fraction of sp³-hybridized carbons (Fsp3) is 0.308. The number of rotatable bonds is 3. The Kier molecular flexibility index (Phi) is 3.04. The fourth-order valence-electron chi connectivity index (χ4n) is 2.16. The van der Waals surface area contributed by atoms with Gasteiger partial charge in [0.05, 0.1) is 22.8 Å². The van der Waals surface area contributed by atoms with Gasteiger partial charge in [0, 0.05) is 11.5 Å². The molecule has 2 aromatic rings. The van der Waals surface area contributed by atoms with Crippen LogP contribution in [0.2, 0.25) is 5.02 Å². The van der Waals surface area contributed by atoms with Crippen molar-refractivity contribution in [2.24, 2.45) is 0 Å². The summed E-state index contributed by atoms with van der Waals surface area (Å²) in [5.41, 5.74) is 2.27. The van der Waals surface area contributed by atoms with Gasteiger partial charge >= 0.3 is 0 Å². The van der Waals surface area contributed by atoms with Crippen molar-refractivity contribution in [3.05, 3.63) is 46.5 Å². The number of para-hydroxylation sites is 1. The molecule has 18 heavy (non-hydrogen) atoms. The Bertz CT molecular complexity index is 570. The molecule has 2 nitrogen and oxygen atoms in total. The molecule has 1 heterocycles. The third-order valence-electron chi connectivity index (χ3n) is 3.14. The molecule has 1 fully saturated rings. The molecule has 94 valence electrons. The predicted octanol–water partition coefficient (Wildman–Crippen LogP) is 4.28. The molecule has 1 aromatic heterocycles. The van der Waals surface area contributed by atoms with E-state index in [1.165, 1.54) is 6.07 Å². The van der Waals surface area contributed by atoms with Gasteiger partial charge in [0.2, 0.25) is 0 Å². The van der Waals surface area contributed by atoms with Crippen molar-refractivity contribution >= 4 is 23.2 Å². The van der Waals surface area contributed by atoms with E-state index in [0.29, 0.717) is 22.5 Å².